The number of aryl methyl sites for hydroxylation is 1. The van der Waals surface area contributed by atoms with Gasteiger partial charge in [-0.3, -0.25) is 0 Å². The maximum atomic E-state index is 13.9. The van der Waals surface area contributed by atoms with Gasteiger partial charge in [0.05, 0.1) is 11.6 Å². The highest BCUT2D eigenvalue weighted by Gasteiger charge is 2.16. The van der Waals surface area contributed by atoms with Crippen molar-refractivity contribution in [2.75, 3.05) is 0 Å². The molecule has 0 atom stereocenters. The van der Waals surface area contributed by atoms with E-state index >= 15 is 0 Å². The minimum atomic E-state index is -0.400. The SMILES string of the molecule is Cc1ccc2oc(-c3ccc(Br)cc3F)cc2[n+]1[O-]. The summed E-state index contributed by atoms with van der Waals surface area (Å²) in [6.45, 7) is 1.71. The van der Waals surface area contributed by atoms with Crippen LogP contribution in [0.3, 0.4) is 0 Å². The van der Waals surface area contributed by atoms with E-state index in [1.807, 2.05) is 0 Å². The Morgan fingerprint density at radius 2 is 2.00 bits per heavy atom. The van der Waals surface area contributed by atoms with Gasteiger partial charge in [-0.1, -0.05) is 15.9 Å². The van der Waals surface area contributed by atoms with Crippen molar-refractivity contribution in [3.63, 3.8) is 0 Å². The third-order valence-corrected chi connectivity index (χ3v) is 3.45. The van der Waals surface area contributed by atoms with Gasteiger partial charge in [0.2, 0.25) is 0 Å². The van der Waals surface area contributed by atoms with Crippen LogP contribution in [0.25, 0.3) is 22.4 Å². The van der Waals surface area contributed by atoms with E-state index in [-0.39, 0.29) is 0 Å². The maximum absolute atomic E-state index is 13.9. The van der Waals surface area contributed by atoms with Crippen LogP contribution >= 0.6 is 15.9 Å². The number of hydrogen-bond acceptors (Lipinski definition) is 2. The average molecular weight is 322 g/mol. The van der Waals surface area contributed by atoms with Crippen molar-refractivity contribution in [1.29, 1.82) is 0 Å². The fourth-order valence-corrected chi connectivity index (χ4v) is 2.28. The third-order valence-electron chi connectivity index (χ3n) is 2.95. The smallest absolute Gasteiger partial charge is 0.263 e. The van der Waals surface area contributed by atoms with Crippen LogP contribution in [-0.4, -0.2) is 0 Å². The molecule has 5 heteroatoms. The van der Waals surface area contributed by atoms with Crippen molar-refractivity contribution >= 4 is 27.0 Å². The lowest BCUT2D eigenvalue weighted by Gasteiger charge is -1.98. The number of halogens is 2. The van der Waals surface area contributed by atoms with Gasteiger partial charge in [0.15, 0.2) is 11.3 Å². The lowest BCUT2D eigenvalue weighted by molar-refractivity contribution is -0.584. The largest absolute Gasteiger partial charge is 0.618 e. The zero-order valence-electron chi connectivity index (χ0n) is 9.98. The van der Waals surface area contributed by atoms with E-state index in [0.717, 1.165) is 4.73 Å². The molecule has 19 heavy (non-hydrogen) atoms. The van der Waals surface area contributed by atoms with Gasteiger partial charge < -0.3 is 9.62 Å². The van der Waals surface area contributed by atoms with Crippen LogP contribution in [0.5, 0.6) is 0 Å². The first-order valence-electron chi connectivity index (χ1n) is 5.64. The zero-order chi connectivity index (χ0) is 13.6. The molecule has 0 aliphatic heterocycles. The molecule has 0 aliphatic rings. The lowest BCUT2D eigenvalue weighted by atomic mass is 10.1. The summed E-state index contributed by atoms with van der Waals surface area (Å²) < 4.78 is 20.8. The molecule has 0 saturated heterocycles. The summed E-state index contributed by atoms with van der Waals surface area (Å²) >= 11 is 3.20. The molecule has 0 N–H and O–H groups in total. The van der Waals surface area contributed by atoms with E-state index in [0.29, 0.717) is 32.6 Å². The molecule has 0 unspecified atom stereocenters. The van der Waals surface area contributed by atoms with Crippen LogP contribution in [0, 0.1) is 17.9 Å². The number of aromatic nitrogens is 1. The molecule has 0 saturated carbocycles. The molecular formula is C14H9BrFNO2. The Hall–Kier alpha value is -1.88. The lowest BCUT2D eigenvalue weighted by Crippen LogP contribution is -2.29. The van der Waals surface area contributed by atoms with E-state index in [9.17, 15) is 9.60 Å². The van der Waals surface area contributed by atoms with Crippen LogP contribution in [-0.2, 0) is 0 Å². The Kier molecular flexibility index (Phi) is 2.78. The first-order valence-corrected chi connectivity index (χ1v) is 6.44. The van der Waals surface area contributed by atoms with Crippen molar-refractivity contribution in [2.45, 2.75) is 6.92 Å². The summed E-state index contributed by atoms with van der Waals surface area (Å²) in [6.07, 6.45) is 0. The van der Waals surface area contributed by atoms with Gasteiger partial charge in [0.25, 0.3) is 5.52 Å². The van der Waals surface area contributed by atoms with Crippen molar-refractivity contribution in [2.24, 2.45) is 0 Å². The molecule has 0 spiro atoms. The number of pyridine rings is 1. The Morgan fingerprint density at radius 1 is 1.21 bits per heavy atom. The normalized spacial score (nSPS) is 11.1. The van der Waals surface area contributed by atoms with Gasteiger partial charge in [0.1, 0.15) is 11.6 Å². The molecule has 3 rings (SSSR count). The molecule has 2 heterocycles. The molecule has 0 radical (unpaired) electrons. The van der Waals surface area contributed by atoms with Gasteiger partial charge in [-0.2, -0.15) is 4.73 Å². The topological polar surface area (TPSA) is 40.1 Å². The molecule has 0 fully saturated rings. The Morgan fingerprint density at radius 3 is 2.74 bits per heavy atom. The number of rotatable bonds is 1. The standard InChI is InChI=1S/C14H9BrFNO2/c1-8-2-5-13-12(17(8)18)7-14(19-13)10-4-3-9(15)6-11(10)16/h2-7H,1H3. The van der Waals surface area contributed by atoms with E-state index < -0.39 is 5.82 Å². The molecule has 0 amide bonds. The second-order valence-corrected chi connectivity index (χ2v) is 5.17. The monoisotopic (exact) mass is 321 g/mol. The minimum Gasteiger partial charge on any atom is -0.618 e. The molecule has 0 aliphatic carbocycles. The molecule has 3 aromatic rings. The fraction of sp³-hybridized carbons (Fsp3) is 0.0714. The summed E-state index contributed by atoms with van der Waals surface area (Å²) in [6, 6.07) is 9.63. The van der Waals surface area contributed by atoms with Gasteiger partial charge in [-0.05, 0) is 24.3 Å². The molecule has 3 nitrogen and oxygen atoms in total. The van der Waals surface area contributed by atoms with E-state index in [2.05, 4.69) is 15.9 Å². The van der Waals surface area contributed by atoms with Crippen LogP contribution in [0.2, 0.25) is 0 Å². The first kappa shape index (κ1) is 12.2. The molecule has 0 bridgehead atoms. The highest BCUT2D eigenvalue weighted by atomic mass is 79.9. The summed E-state index contributed by atoms with van der Waals surface area (Å²) in [5.74, 6) is -0.0576. The molecule has 96 valence electrons. The third kappa shape index (κ3) is 2.00. The van der Waals surface area contributed by atoms with Crippen molar-refractivity contribution in [1.82, 2.24) is 0 Å². The highest BCUT2D eigenvalue weighted by molar-refractivity contribution is 9.10. The summed E-state index contributed by atoms with van der Waals surface area (Å²) in [4.78, 5) is 0. The van der Waals surface area contributed by atoms with Crippen LogP contribution in [0.4, 0.5) is 4.39 Å². The number of fused-ring (bicyclic) bond motifs is 1. The molecular weight excluding hydrogens is 313 g/mol. The minimum absolute atomic E-state index is 0.331. The quantitative estimate of drug-likeness (QED) is 0.503. The summed E-state index contributed by atoms with van der Waals surface area (Å²) in [7, 11) is 0. The van der Waals surface area contributed by atoms with Gasteiger partial charge in [0, 0.05) is 17.5 Å². The van der Waals surface area contributed by atoms with Crippen molar-refractivity contribution in [3.8, 4) is 11.3 Å². The van der Waals surface area contributed by atoms with E-state index in [1.54, 1.807) is 37.3 Å². The fourth-order valence-electron chi connectivity index (χ4n) is 1.95. The summed E-state index contributed by atoms with van der Waals surface area (Å²) in [5, 5.41) is 11.9. The number of furan rings is 1. The molecule has 2 aromatic heterocycles. The Bertz CT molecular complexity index is 782. The number of hydrogen-bond donors (Lipinski definition) is 0. The zero-order valence-corrected chi connectivity index (χ0v) is 11.6. The van der Waals surface area contributed by atoms with Gasteiger partial charge in [-0.15, -0.1) is 0 Å². The van der Waals surface area contributed by atoms with Crippen molar-refractivity contribution < 1.29 is 13.5 Å². The second kappa shape index (κ2) is 4.35. The van der Waals surface area contributed by atoms with E-state index in [4.69, 9.17) is 4.42 Å². The van der Waals surface area contributed by atoms with Crippen LogP contribution in [0.1, 0.15) is 5.69 Å². The molecule has 1 aromatic carbocycles. The van der Waals surface area contributed by atoms with Gasteiger partial charge >= 0.3 is 0 Å². The Labute approximate surface area is 117 Å². The van der Waals surface area contributed by atoms with Crippen molar-refractivity contribution in [3.05, 3.63) is 57.6 Å². The predicted octanol–water partition coefficient (Wildman–Crippen LogP) is 3.94. The maximum Gasteiger partial charge on any atom is 0.263 e. The second-order valence-electron chi connectivity index (χ2n) is 4.25. The highest BCUT2D eigenvalue weighted by Crippen LogP contribution is 2.29. The predicted molar refractivity (Wildman–Crippen MR) is 73.0 cm³/mol. The van der Waals surface area contributed by atoms with Gasteiger partial charge in [-0.25, -0.2) is 4.39 Å². The van der Waals surface area contributed by atoms with E-state index in [1.165, 1.54) is 6.07 Å². The Balaban J connectivity index is 2.23. The van der Waals surface area contributed by atoms with Crippen LogP contribution < -0.4 is 4.73 Å². The van der Waals surface area contributed by atoms with Crippen LogP contribution in [0.15, 0.2) is 45.3 Å². The summed E-state index contributed by atoms with van der Waals surface area (Å²) in [5.41, 5.74) is 1.74. The number of benzene rings is 1. The number of nitrogens with zero attached hydrogens (tertiary/aromatic N) is 1. The average Bonchev–Trinajstić information content (AvgIpc) is 2.78. The first-order chi connectivity index (χ1) is 9.06.